The van der Waals surface area contributed by atoms with E-state index < -0.39 is 11.8 Å². The van der Waals surface area contributed by atoms with E-state index in [9.17, 15) is 9.59 Å². The van der Waals surface area contributed by atoms with Gasteiger partial charge in [-0.25, -0.2) is 0 Å². The molecule has 8 nitrogen and oxygen atoms in total. The summed E-state index contributed by atoms with van der Waals surface area (Å²) in [5.74, 6) is 0.0544. The molecule has 1 aromatic carbocycles. The second kappa shape index (κ2) is 9.99. The quantitative estimate of drug-likeness (QED) is 0.488. The number of furan rings is 2. The first-order valence-corrected chi connectivity index (χ1v) is 10.5. The highest BCUT2D eigenvalue weighted by Gasteiger charge is 2.31. The van der Waals surface area contributed by atoms with Crippen molar-refractivity contribution >= 4 is 17.5 Å². The highest BCUT2D eigenvalue weighted by molar-refractivity contribution is 6.35. The minimum absolute atomic E-state index is 0.0604. The zero-order chi connectivity index (χ0) is 21.5. The molecule has 0 saturated carbocycles. The molecule has 4 rings (SSSR count). The lowest BCUT2D eigenvalue weighted by molar-refractivity contribution is -0.932. The third-order valence-electron chi connectivity index (χ3n) is 5.58. The Hall–Kier alpha value is -3.52. The third kappa shape index (κ3) is 5.35. The molecule has 3 heterocycles. The van der Waals surface area contributed by atoms with Gasteiger partial charge in [-0.1, -0.05) is 18.2 Å². The van der Waals surface area contributed by atoms with E-state index in [4.69, 9.17) is 8.83 Å². The number of para-hydroxylation sites is 1. The minimum Gasteiger partial charge on any atom is -0.467 e. The van der Waals surface area contributed by atoms with Crippen LogP contribution < -0.4 is 20.4 Å². The van der Waals surface area contributed by atoms with Gasteiger partial charge < -0.3 is 29.3 Å². The Morgan fingerprint density at radius 2 is 1.61 bits per heavy atom. The van der Waals surface area contributed by atoms with Crippen molar-refractivity contribution in [3.8, 4) is 0 Å². The normalized spacial score (nSPS) is 15.4. The van der Waals surface area contributed by atoms with Crippen LogP contribution in [0.25, 0.3) is 0 Å². The standard InChI is InChI=1S/C23H26N4O4/c28-22(24-16-19-8-4-14-30-19)23(29)25-17-20(21-9-5-15-31-21)27-12-10-26(11-13-27)18-6-2-1-3-7-18/h1-9,14-15,20H,10-13,16-17H2,(H,24,28)(H,25,29)/p+1/t20-/m1/s1. The Balaban J connectivity index is 1.32. The van der Waals surface area contributed by atoms with Crippen LogP contribution in [0.3, 0.4) is 0 Å². The maximum absolute atomic E-state index is 12.3. The van der Waals surface area contributed by atoms with Crippen LogP contribution in [0.4, 0.5) is 5.69 Å². The molecule has 1 atom stereocenters. The first-order valence-electron chi connectivity index (χ1n) is 10.5. The summed E-state index contributed by atoms with van der Waals surface area (Å²) in [6.45, 7) is 4.12. The van der Waals surface area contributed by atoms with Crippen molar-refractivity contribution in [1.82, 2.24) is 10.6 Å². The fourth-order valence-corrected chi connectivity index (χ4v) is 3.91. The van der Waals surface area contributed by atoms with Gasteiger partial charge in [0, 0.05) is 5.69 Å². The summed E-state index contributed by atoms with van der Waals surface area (Å²) in [5.41, 5.74) is 1.22. The number of amides is 2. The van der Waals surface area contributed by atoms with Crippen LogP contribution in [-0.2, 0) is 16.1 Å². The summed E-state index contributed by atoms with van der Waals surface area (Å²) < 4.78 is 10.8. The van der Waals surface area contributed by atoms with Crippen molar-refractivity contribution in [3.63, 3.8) is 0 Å². The van der Waals surface area contributed by atoms with E-state index in [0.717, 1.165) is 31.9 Å². The largest absolute Gasteiger partial charge is 0.467 e. The SMILES string of the molecule is O=C(NCc1ccco1)C(=O)NC[C@H](c1ccco1)[NH+]1CCN(c2ccccc2)CC1. The first kappa shape index (κ1) is 20.7. The molecular formula is C23H27N4O4+. The maximum atomic E-state index is 12.3. The molecule has 0 spiro atoms. The van der Waals surface area contributed by atoms with E-state index in [2.05, 4.69) is 27.7 Å². The number of quaternary nitrogens is 1. The number of rotatable bonds is 7. The van der Waals surface area contributed by atoms with Crippen molar-refractivity contribution < 1.29 is 23.3 Å². The number of nitrogens with one attached hydrogen (secondary N) is 3. The summed E-state index contributed by atoms with van der Waals surface area (Å²) in [6, 6.07) is 17.5. The van der Waals surface area contributed by atoms with E-state index in [0.29, 0.717) is 12.3 Å². The monoisotopic (exact) mass is 423 g/mol. The first-order chi connectivity index (χ1) is 15.2. The molecule has 1 aliphatic rings. The fraction of sp³-hybridized carbons (Fsp3) is 0.304. The van der Waals surface area contributed by atoms with Gasteiger partial charge in [-0.2, -0.15) is 0 Å². The van der Waals surface area contributed by atoms with Crippen LogP contribution in [0.2, 0.25) is 0 Å². The second-order valence-electron chi connectivity index (χ2n) is 7.52. The van der Waals surface area contributed by atoms with Crippen molar-refractivity contribution in [2.24, 2.45) is 0 Å². The van der Waals surface area contributed by atoms with Gasteiger partial charge in [0.05, 0.1) is 51.8 Å². The van der Waals surface area contributed by atoms with Crippen molar-refractivity contribution in [2.75, 3.05) is 37.6 Å². The Morgan fingerprint density at radius 1 is 0.903 bits per heavy atom. The van der Waals surface area contributed by atoms with Gasteiger partial charge in [-0.05, 0) is 36.4 Å². The molecule has 0 aliphatic carbocycles. The van der Waals surface area contributed by atoms with Crippen LogP contribution in [0, 0.1) is 0 Å². The predicted octanol–water partition coefficient (Wildman–Crippen LogP) is 0.751. The average molecular weight is 423 g/mol. The van der Waals surface area contributed by atoms with Crippen molar-refractivity contribution in [1.29, 1.82) is 0 Å². The Labute approximate surface area is 180 Å². The lowest BCUT2D eigenvalue weighted by Gasteiger charge is -2.37. The average Bonchev–Trinajstić information content (AvgIpc) is 3.53. The molecule has 3 N–H and O–H groups in total. The Kier molecular flexibility index (Phi) is 6.68. The summed E-state index contributed by atoms with van der Waals surface area (Å²) in [7, 11) is 0. The molecule has 1 aliphatic heterocycles. The number of nitrogens with zero attached hydrogens (tertiary/aromatic N) is 1. The van der Waals surface area contributed by atoms with Crippen molar-refractivity contribution in [2.45, 2.75) is 12.6 Å². The molecule has 1 fully saturated rings. The van der Waals surface area contributed by atoms with Crippen LogP contribution in [-0.4, -0.2) is 44.5 Å². The Morgan fingerprint density at radius 3 is 2.29 bits per heavy atom. The van der Waals surface area contributed by atoms with Crippen LogP contribution in [0.15, 0.2) is 76.0 Å². The zero-order valence-corrected chi connectivity index (χ0v) is 17.3. The molecule has 162 valence electrons. The Bertz CT molecular complexity index is 949. The number of anilines is 1. The number of benzene rings is 1. The summed E-state index contributed by atoms with van der Waals surface area (Å²) in [4.78, 5) is 28.1. The summed E-state index contributed by atoms with van der Waals surface area (Å²) in [5, 5.41) is 5.33. The number of piperazine rings is 1. The number of carbonyl (C=O) groups excluding carboxylic acids is 2. The van der Waals surface area contributed by atoms with Gasteiger partial charge >= 0.3 is 11.8 Å². The molecular weight excluding hydrogens is 396 g/mol. The second-order valence-corrected chi connectivity index (χ2v) is 7.52. The molecule has 0 radical (unpaired) electrons. The van der Waals surface area contributed by atoms with Crippen LogP contribution in [0.5, 0.6) is 0 Å². The molecule has 0 bridgehead atoms. The van der Waals surface area contributed by atoms with Gasteiger partial charge in [0.1, 0.15) is 5.76 Å². The van der Waals surface area contributed by atoms with Crippen molar-refractivity contribution in [3.05, 3.63) is 78.6 Å². The predicted molar refractivity (Wildman–Crippen MR) is 114 cm³/mol. The van der Waals surface area contributed by atoms with Gasteiger partial charge in [0.2, 0.25) is 0 Å². The van der Waals surface area contributed by atoms with E-state index in [-0.39, 0.29) is 12.6 Å². The molecule has 31 heavy (non-hydrogen) atoms. The summed E-state index contributed by atoms with van der Waals surface area (Å²) in [6.07, 6.45) is 3.16. The minimum atomic E-state index is -0.682. The van der Waals surface area contributed by atoms with Gasteiger partial charge in [-0.15, -0.1) is 0 Å². The fourth-order valence-electron chi connectivity index (χ4n) is 3.91. The highest BCUT2D eigenvalue weighted by Crippen LogP contribution is 2.14. The van der Waals surface area contributed by atoms with E-state index in [1.807, 2.05) is 30.3 Å². The number of hydrogen-bond acceptors (Lipinski definition) is 5. The lowest BCUT2D eigenvalue weighted by Crippen LogP contribution is -3.15. The summed E-state index contributed by atoms with van der Waals surface area (Å²) >= 11 is 0. The maximum Gasteiger partial charge on any atom is 0.309 e. The molecule has 8 heteroatoms. The molecule has 1 saturated heterocycles. The highest BCUT2D eigenvalue weighted by atomic mass is 16.3. The van der Waals surface area contributed by atoms with E-state index in [1.54, 1.807) is 18.4 Å². The number of hydrogen-bond donors (Lipinski definition) is 3. The molecule has 2 aromatic heterocycles. The van der Waals surface area contributed by atoms with Gasteiger partial charge in [0.15, 0.2) is 11.8 Å². The van der Waals surface area contributed by atoms with Gasteiger partial charge in [0.25, 0.3) is 0 Å². The smallest absolute Gasteiger partial charge is 0.309 e. The van der Waals surface area contributed by atoms with Crippen LogP contribution in [0.1, 0.15) is 17.6 Å². The molecule has 0 unspecified atom stereocenters. The molecule has 2 amide bonds. The lowest BCUT2D eigenvalue weighted by atomic mass is 10.1. The van der Waals surface area contributed by atoms with E-state index >= 15 is 0 Å². The van der Waals surface area contributed by atoms with Gasteiger partial charge in [-0.3, -0.25) is 9.59 Å². The van der Waals surface area contributed by atoms with E-state index in [1.165, 1.54) is 16.9 Å². The number of carbonyl (C=O) groups is 2. The molecule has 3 aromatic rings. The zero-order valence-electron chi connectivity index (χ0n) is 17.3. The topological polar surface area (TPSA) is 92.2 Å². The van der Waals surface area contributed by atoms with Crippen LogP contribution >= 0.6 is 0 Å². The third-order valence-corrected chi connectivity index (χ3v) is 5.58.